The summed E-state index contributed by atoms with van der Waals surface area (Å²) in [6.45, 7) is 4.12. The van der Waals surface area contributed by atoms with Crippen LogP contribution in [0.1, 0.15) is 25.8 Å². The number of carbonyl (C=O) groups is 2. The lowest BCUT2D eigenvalue weighted by Crippen LogP contribution is -2.24. The highest BCUT2D eigenvalue weighted by atomic mass is 16.5. The standard InChI is InChI=1S/C19H22O4/c1-3-22-18(20)13-17(19(21)23-4-2)12-14-9-10-15-7-5-6-8-16(15)11-14/h5-11,17H,3-4,12-13H2,1-2H3. The Morgan fingerprint density at radius 1 is 0.957 bits per heavy atom. The van der Waals surface area contributed by atoms with Crippen LogP contribution in [-0.4, -0.2) is 25.2 Å². The second kappa shape index (κ2) is 8.32. The fraction of sp³-hybridized carbons (Fsp3) is 0.368. The van der Waals surface area contributed by atoms with E-state index < -0.39 is 5.92 Å². The van der Waals surface area contributed by atoms with E-state index in [2.05, 4.69) is 0 Å². The summed E-state index contributed by atoms with van der Waals surface area (Å²) < 4.78 is 10.1. The first-order valence-corrected chi connectivity index (χ1v) is 7.94. The van der Waals surface area contributed by atoms with Crippen molar-refractivity contribution in [1.29, 1.82) is 0 Å². The third-order valence-electron chi connectivity index (χ3n) is 3.63. The molecule has 1 atom stereocenters. The van der Waals surface area contributed by atoms with Gasteiger partial charge in [-0.25, -0.2) is 0 Å². The van der Waals surface area contributed by atoms with Gasteiger partial charge in [0.1, 0.15) is 0 Å². The van der Waals surface area contributed by atoms with E-state index in [0.717, 1.165) is 16.3 Å². The average molecular weight is 314 g/mol. The molecule has 0 fully saturated rings. The molecular weight excluding hydrogens is 292 g/mol. The third-order valence-corrected chi connectivity index (χ3v) is 3.63. The molecule has 0 N–H and O–H groups in total. The summed E-state index contributed by atoms with van der Waals surface area (Å²) >= 11 is 0. The van der Waals surface area contributed by atoms with Crippen LogP contribution in [0.2, 0.25) is 0 Å². The van der Waals surface area contributed by atoms with Crippen LogP contribution < -0.4 is 0 Å². The first-order chi connectivity index (χ1) is 11.1. The molecule has 0 saturated heterocycles. The minimum Gasteiger partial charge on any atom is -0.466 e. The highest BCUT2D eigenvalue weighted by Crippen LogP contribution is 2.20. The summed E-state index contributed by atoms with van der Waals surface area (Å²) in [7, 11) is 0. The molecule has 0 aliphatic heterocycles. The normalized spacial score (nSPS) is 11.9. The molecule has 2 aromatic carbocycles. The Hall–Kier alpha value is -2.36. The minimum absolute atomic E-state index is 0.0412. The van der Waals surface area contributed by atoms with Gasteiger partial charge in [-0.1, -0.05) is 42.5 Å². The molecule has 4 nitrogen and oxygen atoms in total. The maximum atomic E-state index is 12.1. The Balaban J connectivity index is 2.16. The van der Waals surface area contributed by atoms with Crippen molar-refractivity contribution in [1.82, 2.24) is 0 Å². The van der Waals surface area contributed by atoms with E-state index in [1.807, 2.05) is 42.5 Å². The first kappa shape index (κ1) is 17.0. The Labute approximate surface area is 136 Å². The predicted molar refractivity (Wildman–Crippen MR) is 89.0 cm³/mol. The van der Waals surface area contributed by atoms with Gasteiger partial charge in [-0.15, -0.1) is 0 Å². The summed E-state index contributed by atoms with van der Waals surface area (Å²) in [6.07, 6.45) is 0.502. The van der Waals surface area contributed by atoms with Gasteiger partial charge < -0.3 is 9.47 Å². The van der Waals surface area contributed by atoms with Gasteiger partial charge in [-0.05, 0) is 36.6 Å². The number of fused-ring (bicyclic) bond motifs is 1. The van der Waals surface area contributed by atoms with Crippen molar-refractivity contribution in [2.75, 3.05) is 13.2 Å². The molecule has 0 aliphatic carbocycles. The Kier molecular flexibility index (Phi) is 6.15. The van der Waals surface area contributed by atoms with Crippen molar-refractivity contribution < 1.29 is 19.1 Å². The highest BCUT2D eigenvalue weighted by molar-refractivity contribution is 5.84. The van der Waals surface area contributed by atoms with Crippen LogP contribution in [0.5, 0.6) is 0 Å². The van der Waals surface area contributed by atoms with Crippen molar-refractivity contribution in [3.63, 3.8) is 0 Å². The number of carbonyl (C=O) groups excluding carboxylic acids is 2. The lowest BCUT2D eigenvalue weighted by molar-refractivity contribution is -0.154. The van der Waals surface area contributed by atoms with Gasteiger partial charge in [0, 0.05) is 0 Å². The second-order valence-corrected chi connectivity index (χ2v) is 5.34. The monoisotopic (exact) mass is 314 g/mol. The predicted octanol–water partition coefficient (Wildman–Crippen LogP) is 3.51. The fourth-order valence-corrected chi connectivity index (χ4v) is 2.57. The summed E-state index contributed by atoms with van der Waals surface area (Å²) in [5.74, 6) is -1.24. The maximum absolute atomic E-state index is 12.1. The average Bonchev–Trinajstić information content (AvgIpc) is 2.54. The van der Waals surface area contributed by atoms with Crippen molar-refractivity contribution in [2.45, 2.75) is 26.7 Å². The van der Waals surface area contributed by atoms with Gasteiger partial charge in [-0.3, -0.25) is 9.59 Å². The third kappa shape index (κ3) is 4.81. The van der Waals surface area contributed by atoms with Crippen LogP contribution in [0.15, 0.2) is 42.5 Å². The zero-order valence-corrected chi connectivity index (χ0v) is 13.6. The molecule has 122 valence electrons. The summed E-state index contributed by atoms with van der Waals surface area (Å²) in [5, 5.41) is 2.26. The topological polar surface area (TPSA) is 52.6 Å². The van der Waals surface area contributed by atoms with Crippen LogP contribution in [0.4, 0.5) is 0 Å². The molecule has 0 saturated carbocycles. The van der Waals surface area contributed by atoms with Crippen LogP contribution in [-0.2, 0) is 25.5 Å². The molecule has 1 unspecified atom stereocenters. The van der Waals surface area contributed by atoms with E-state index >= 15 is 0 Å². The van der Waals surface area contributed by atoms with Crippen LogP contribution in [0.3, 0.4) is 0 Å². The van der Waals surface area contributed by atoms with E-state index in [1.54, 1.807) is 13.8 Å². The van der Waals surface area contributed by atoms with Crippen LogP contribution in [0, 0.1) is 5.92 Å². The molecule has 2 aromatic rings. The van der Waals surface area contributed by atoms with Crippen LogP contribution >= 0.6 is 0 Å². The minimum atomic E-state index is -0.518. The quantitative estimate of drug-likeness (QED) is 0.734. The molecule has 0 amide bonds. The number of rotatable bonds is 7. The maximum Gasteiger partial charge on any atom is 0.309 e. The molecule has 23 heavy (non-hydrogen) atoms. The Morgan fingerprint density at radius 2 is 1.65 bits per heavy atom. The van der Waals surface area contributed by atoms with Crippen molar-refractivity contribution in [3.8, 4) is 0 Å². The Bertz CT molecular complexity index is 678. The van der Waals surface area contributed by atoms with Gasteiger partial charge in [0.25, 0.3) is 0 Å². The molecular formula is C19H22O4. The zero-order valence-electron chi connectivity index (χ0n) is 13.6. The molecule has 0 radical (unpaired) electrons. The van der Waals surface area contributed by atoms with E-state index in [1.165, 1.54) is 0 Å². The van der Waals surface area contributed by atoms with E-state index in [9.17, 15) is 9.59 Å². The van der Waals surface area contributed by atoms with Gasteiger partial charge >= 0.3 is 11.9 Å². The van der Waals surface area contributed by atoms with E-state index in [4.69, 9.17) is 9.47 Å². The largest absolute Gasteiger partial charge is 0.466 e. The molecule has 0 bridgehead atoms. The molecule has 0 spiro atoms. The van der Waals surface area contributed by atoms with Crippen molar-refractivity contribution in [3.05, 3.63) is 48.0 Å². The van der Waals surface area contributed by atoms with E-state index in [0.29, 0.717) is 19.6 Å². The number of ether oxygens (including phenoxy) is 2. The molecule has 0 aromatic heterocycles. The lowest BCUT2D eigenvalue weighted by atomic mass is 9.94. The highest BCUT2D eigenvalue weighted by Gasteiger charge is 2.24. The number of hydrogen-bond donors (Lipinski definition) is 0. The smallest absolute Gasteiger partial charge is 0.309 e. The second-order valence-electron chi connectivity index (χ2n) is 5.34. The van der Waals surface area contributed by atoms with Gasteiger partial charge in [-0.2, -0.15) is 0 Å². The summed E-state index contributed by atoms with van der Waals surface area (Å²) in [4.78, 5) is 23.9. The lowest BCUT2D eigenvalue weighted by Gasteiger charge is -2.15. The molecule has 2 rings (SSSR count). The van der Waals surface area contributed by atoms with Gasteiger partial charge in [0.2, 0.25) is 0 Å². The molecule has 0 aliphatic rings. The number of benzene rings is 2. The fourth-order valence-electron chi connectivity index (χ4n) is 2.57. The molecule has 0 heterocycles. The van der Waals surface area contributed by atoms with Crippen LogP contribution in [0.25, 0.3) is 10.8 Å². The zero-order chi connectivity index (χ0) is 16.7. The Morgan fingerprint density at radius 3 is 2.35 bits per heavy atom. The summed E-state index contributed by atoms with van der Waals surface area (Å²) in [5.41, 5.74) is 1.01. The summed E-state index contributed by atoms with van der Waals surface area (Å²) in [6, 6.07) is 14.1. The number of hydrogen-bond acceptors (Lipinski definition) is 4. The van der Waals surface area contributed by atoms with Gasteiger partial charge in [0.05, 0.1) is 25.6 Å². The number of esters is 2. The molecule has 4 heteroatoms. The van der Waals surface area contributed by atoms with Crippen molar-refractivity contribution >= 4 is 22.7 Å². The first-order valence-electron chi connectivity index (χ1n) is 7.94. The van der Waals surface area contributed by atoms with E-state index in [-0.39, 0.29) is 18.4 Å². The van der Waals surface area contributed by atoms with Gasteiger partial charge in [0.15, 0.2) is 0 Å². The SMILES string of the molecule is CCOC(=O)CC(Cc1ccc2ccccc2c1)C(=O)OCC. The van der Waals surface area contributed by atoms with Crippen molar-refractivity contribution in [2.24, 2.45) is 5.92 Å².